The normalized spacial score (nSPS) is 21.1. The topological polar surface area (TPSA) is 48.1 Å². The second-order valence-corrected chi connectivity index (χ2v) is 11.8. The Bertz CT molecular complexity index is 1280. The Morgan fingerprint density at radius 2 is 1.76 bits per heavy atom. The number of rotatable bonds is 6. The van der Waals surface area contributed by atoms with Crippen LogP contribution in [0.2, 0.25) is 0 Å². The molecule has 2 fully saturated rings. The standard InChI is InChI=1S/C33H41N3O/c1-23(28-22-34-30-15-9-7-13-27(28)30)31(35-24(2)25-10-4-3-5-11-25)32(37)36-20-18-33(19-21-36)17-16-26-12-6-8-14-29(26)33/h6-9,12-15,22-23,25,31,34-35H,2-5,10-11,16-21H2,1H3/t23-,31-/m1/s1. The molecule has 1 spiro atoms. The maximum Gasteiger partial charge on any atom is 0.245 e. The third-order valence-electron chi connectivity index (χ3n) is 9.81. The van der Waals surface area contributed by atoms with Gasteiger partial charge < -0.3 is 15.2 Å². The van der Waals surface area contributed by atoms with Gasteiger partial charge in [-0.1, -0.05) is 75.2 Å². The molecule has 2 N–H and O–H groups in total. The summed E-state index contributed by atoms with van der Waals surface area (Å²) in [5.41, 5.74) is 6.69. The molecule has 37 heavy (non-hydrogen) atoms. The molecule has 2 aliphatic carbocycles. The third kappa shape index (κ3) is 4.49. The Balaban J connectivity index is 1.23. The van der Waals surface area contributed by atoms with Gasteiger partial charge in [-0.2, -0.15) is 0 Å². The number of aromatic nitrogens is 1. The first-order chi connectivity index (χ1) is 18.1. The third-order valence-corrected chi connectivity index (χ3v) is 9.81. The molecule has 0 bridgehead atoms. The number of nitrogens with one attached hydrogen (secondary N) is 2. The molecule has 4 heteroatoms. The van der Waals surface area contributed by atoms with E-state index >= 15 is 0 Å². The number of piperidine rings is 1. The van der Waals surface area contributed by atoms with Crippen LogP contribution < -0.4 is 5.32 Å². The summed E-state index contributed by atoms with van der Waals surface area (Å²) in [6.45, 7) is 8.34. The lowest BCUT2D eigenvalue weighted by molar-refractivity contribution is -0.135. The van der Waals surface area contributed by atoms with Crippen molar-refractivity contribution in [2.24, 2.45) is 5.92 Å². The predicted molar refractivity (Wildman–Crippen MR) is 152 cm³/mol. The number of fused-ring (bicyclic) bond motifs is 3. The number of allylic oxidation sites excluding steroid dienone is 1. The maximum absolute atomic E-state index is 14.3. The SMILES string of the molecule is C=C(N[C@@H](C(=O)N1CCC2(CCc3ccccc32)CC1)[C@H](C)c1c[nH]c2ccccc12)C1CCCCC1. The van der Waals surface area contributed by atoms with Gasteiger partial charge in [-0.05, 0) is 72.6 Å². The minimum Gasteiger partial charge on any atom is -0.377 e. The zero-order chi connectivity index (χ0) is 25.4. The van der Waals surface area contributed by atoms with Crippen molar-refractivity contribution in [3.63, 3.8) is 0 Å². The van der Waals surface area contributed by atoms with E-state index in [4.69, 9.17) is 0 Å². The molecular weight excluding hydrogens is 454 g/mol. The molecule has 3 aromatic rings. The average molecular weight is 496 g/mol. The van der Waals surface area contributed by atoms with Gasteiger partial charge in [0.15, 0.2) is 0 Å². The number of carbonyl (C=O) groups excluding carboxylic acids is 1. The fourth-order valence-electron chi connectivity index (χ4n) is 7.45. The second kappa shape index (κ2) is 10.0. The highest BCUT2D eigenvalue weighted by Gasteiger charge is 2.43. The smallest absolute Gasteiger partial charge is 0.245 e. The highest BCUT2D eigenvalue weighted by molar-refractivity contribution is 5.87. The Morgan fingerprint density at radius 3 is 2.57 bits per heavy atom. The van der Waals surface area contributed by atoms with E-state index in [1.807, 2.05) is 0 Å². The van der Waals surface area contributed by atoms with E-state index in [1.165, 1.54) is 67.0 Å². The van der Waals surface area contributed by atoms with Gasteiger partial charge in [-0.15, -0.1) is 0 Å². The van der Waals surface area contributed by atoms with Gasteiger partial charge in [0.2, 0.25) is 5.91 Å². The van der Waals surface area contributed by atoms with E-state index in [2.05, 4.69) is 83.4 Å². The van der Waals surface area contributed by atoms with Crippen molar-refractivity contribution >= 4 is 16.8 Å². The van der Waals surface area contributed by atoms with Crippen LogP contribution >= 0.6 is 0 Å². The summed E-state index contributed by atoms with van der Waals surface area (Å²) in [6, 6.07) is 17.1. The van der Waals surface area contributed by atoms with Gasteiger partial charge >= 0.3 is 0 Å². The van der Waals surface area contributed by atoms with E-state index in [0.717, 1.165) is 37.1 Å². The number of hydrogen-bond acceptors (Lipinski definition) is 2. The summed E-state index contributed by atoms with van der Waals surface area (Å²) in [5.74, 6) is 0.738. The number of likely N-dealkylation sites (tertiary alicyclic amines) is 1. The van der Waals surface area contributed by atoms with E-state index in [9.17, 15) is 4.79 Å². The lowest BCUT2D eigenvalue weighted by Gasteiger charge is -2.42. The van der Waals surface area contributed by atoms with Gasteiger partial charge in [0.1, 0.15) is 6.04 Å². The lowest BCUT2D eigenvalue weighted by atomic mass is 9.73. The van der Waals surface area contributed by atoms with Gasteiger partial charge in [0.25, 0.3) is 0 Å². The fraction of sp³-hybridized carbons (Fsp3) is 0.485. The number of amides is 1. The second-order valence-electron chi connectivity index (χ2n) is 11.8. The van der Waals surface area contributed by atoms with E-state index in [0.29, 0.717) is 5.92 Å². The van der Waals surface area contributed by atoms with Gasteiger partial charge in [0, 0.05) is 41.8 Å². The zero-order valence-electron chi connectivity index (χ0n) is 22.3. The Kier molecular flexibility index (Phi) is 6.60. The fourth-order valence-corrected chi connectivity index (χ4v) is 7.45. The van der Waals surface area contributed by atoms with Crippen molar-refractivity contribution in [3.8, 4) is 0 Å². The molecule has 1 aromatic heterocycles. The van der Waals surface area contributed by atoms with Crippen LogP contribution in [-0.2, 0) is 16.6 Å². The summed E-state index contributed by atoms with van der Waals surface area (Å²) < 4.78 is 0. The van der Waals surface area contributed by atoms with Crippen molar-refractivity contribution in [2.45, 2.75) is 82.1 Å². The maximum atomic E-state index is 14.3. The molecule has 1 saturated heterocycles. The van der Waals surface area contributed by atoms with Gasteiger partial charge in [-0.3, -0.25) is 4.79 Å². The highest BCUT2D eigenvalue weighted by Crippen LogP contribution is 2.46. The van der Waals surface area contributed by atoms with Crippen molar-refractivity contribution in [2.75, 3.05) is 13.1 Å². The minimum absolute atomic E-state index is 0.0343. The molecule has 0 radical (unpaired) electrons. The lowest BCUT2D eigenvalue weighted by Crippen LogP contribution is -2.53. The molecule has 2 heterocycles. The number of nitrogens with zero attached hydrogens (tertiary/aromatic N) is 1. The molecule has 3 aliphatic rings. The molecule has 2 atom stereocenters. The van der Waals surface area contributed by atoms with Crippen molar-refractivity contribution < 1.29 is 4.79 Å². The van der Waals surface area contributed by atoms with Crippen LogP contribution in [0.4, 0.5) is 0 Å². The quantitative estimate of drug-likeness (QED) is 0.394. The monoisotopic (exact) mass is 495 g/mol. The zero-order valence-corrected chi connectivity index (χ0v) is 22.3. The van der Waals surface area contributed by atoms with Crippen LogP contribution in [-0.4, -0.2) is 34.9 Å². The number of benzene rings is 2. The van der Waals surface area contributed by atoms with E-state index in [-0.39, 0.29) is 23.3 Å². The molecule has 194 valence electrons. The molecule has 1 aliphatic heterocycles. The van der Waals surface area contributed by atoms with Crippen LogP contribution in [0.15, 0.2) is 67.0 Å². The summed E-state index contributed by atoms with van der Waals surface area (Å²) in [4.78, 5) is 19.8. The van der Waals surface area contributed by atoms with E-state index in [1.54, 1.807) is 0 Å². The van der Waals surface area contributed by atoms with Crippen molar-refractivity contribution in [1.82, 2.24) is 15.2 Å². The van der Waals surface area contributed by atoms with Crippen molar-refractivity contribution in [3.05, 3.63) is 83.7 Å². The summed E-state index contributed by atoms with van der Waals surface area (Å²) in [7, 11) is 0. The molecule has 4 nitrogen and oxygen atoms in total. The molecule has 0 unspecified atom stereocenters. The largest absolute Gasteiger partial charge is 0.377 e. The molecule has 2 aromatic carbocycles. The number of H-pyrrole nitrogens is 1. The van der Waals surface area contributed by atoms with Crippen LogP contribution in [0.25, 0.3) is 10.9 Å². The summed E-state index contributed by atoms with van der Waals surface area (Å²) in [5, 5.41) is 4.92. The highest BCUT2D eigenvalue weighted by atomic mass is 16.2. The first kappa shape index (κ1) is 24.3. The number of hydrogen-bond donors (Lipinski definition) is 2. The molecule has 1 amide bonds. The van der Waals surface area contributed by atoms with Crippen LogP contribution in [0.5, 0.6) is 0 Å². The molecule has 1 saturated carbocycles. The summed E-state index contributed by atoms with van der Waals surface area (Å²) in [6.07, 6.45) is 12.8. The number of carbonyl (C=O) groups is 1. The van der Waals surface area contributed by atoms with E-state index < -0.39 is 0 Å². The minimum atomic E-state index is -0.307. The first-order valence-electron chi connectivity index (χ1n) is 14.4. The average Bonchev–Trinajstić information content (AvgIpc) is 3.54. The number of aromatic amines is 1. The van der Waals surface area contributed by atoms with Gasteiger partial charge in [0.05, 0.1) is 0 Å². The van der Waals surface area contributed by atoms with Gasteiger partial charge in [-0.25, -0.2) is 0 Å². The predicted octanol–water partition coefficient (Wildman–Crippen LogP) is 6.83. The van der Waals surface area contributed by atoms with Crippen LogP contribution in [0.1, 0.15) is 80.9 Å². The Hall–Kier alpha value is -3.01. The summed E-state index contributed by atoms with van der Waals surface area (Å²) >= 11 is 0. The van der Waals surface area contributed by atoms with Crippen LogP contribution in [0.3, 0.4) is 0 Å². The molecule has 6 rings (SSSR count). The number of para-hydroxylation sites is 1. The Morgan fingerprint density at radius 1 is 1.03 bits per heavy atom. The number of aryl methyl sites for hydroxylation is 1. The van der Waals surface area contributed by atoms with Crippen molar-refractivity contribution in [1.29, 1.82) is 0 Å². The van der Waals surface area contributed by atoms with Crippen LogP contribution in [0, 0.1) is 5.92 Å². The first-order valence-corrected chi connectivity index (χ1v) is 14.4. The molecular formula is C33H41N3O. The Labute approximate surface area is 221 Å².